The van der Waals surface area contributed by atoms with Gasteiger partial charge in [0.25, 0.3) is 0 Å². The number of aliphatic carboxylic acids is 1. The van der Waals surface area contributed by atoms with Gasteiger partial charge in [0.15, 0.2) is 0 Å². The number of hydrogen-bond donors (Lipinski definition) is 2. The Labute approximate surface area is 126 Å². The maximum atomic E-state index is 12.5. The number of carboxylic acid groups (broad SMARTS) is 1. The first-order valence-corrected chi connectivity index (χ1v) is 7.51. The van der Waals surface area contributed by atoms with E-state index in [1.54, 1.807) is 16.7 Å². The lowest BCUT2D eigenvalue weighted by Crippen LogP contribution is -2.56. The van der Waals surface area contributed by atoms with Gasteiger partial charge in [-0.05, 0) is 27.2 Å². The minimum absolute atomic E-state index is 0.0268. The van der Waals surface area contributed by atoms with Crippen LogP contribution in [0.25, 0.3) is 0 Å². The molecule has 0 spiro atoms. The molecule has 7 heteroatoms. The molecular weight excluding hydrogens is 274 g/mol. The zero-order chi connectivity index (χ0) is 16.0. The lowest BCUT2D eigenvalue weighted by molar-refractivity contribution is -0.143. The van der Waals surface area contributed by atoms with E-state index in [0.29, 0.717) is 39.1 Å². The van der Waals surface area contributed by atoms with Crippen molar-refractivity contribution >= 4 is 12.0 Å². The number of aliphatic hydroxyl groups excluding tert-OH is 1. The minimum Gasteiger partial charge on any atom is -0.480 e. The summed E-state index contributed by atoms with van der Waals surface area (Å²) in [4.78, 5) is 28.9. The highest BCUT2D eigenvalue weighted by atomic mass is 16.4. The minimum atomic E-state index is -0.832. The fourth-order valence-electron chi connectivity index (χ4n) is 2.45. The summed E-state index contributed by atoms with van der Waals surface area (Å²) < 4.78 is 0. The lowest BCUT2D eigenvalue weighted by Gasteiger charge is -2.39. The number of rotatable bonds is 6. The smallest absolute Gasteiger partial charge is 0.320 e. The molecule has 0 aromatic rings. The second-order valence-corrected chi connectivity index (χ2v) is 5.68. The van der Waals surface area contributed by atoms with Crippen molar-refractivity contribution in [3.63, 3.8) is 0 Å². The van der Waals surface area contributed by atoms with Crippen LogP contribution in [0.4, 0.5) is 4.79 Å². The number of piperazine rings is 1. The average Bonchev–Trinajstić information content (AvgIpc) is 2.46. The van der Waals surface area contributed by atoms with E-state index in [9.17, 15) is 9.59 Å². The largest absolute Gasteiger partial charge is 0.480 e. The molecule has 1 unspecified atom stereocenters. The summed E-state index contributed by atoms with van der Waals surface area (Å²) in [6.45, 7) is 8.42. The van der Waals surface area contributed by atoms with Crippen LogP contribution < -0.4 is 0 Å². The third-order valence-electron chi connectivity index (χ3n) is 3.92. The van der Waals surface area contributed by atoms with Gasteiger partial charge in [0.1, 0.15) is 6.04 Å². The van der Waals surface area contributed by atoms with Gasteiger partial charge >= 0.3 is 12.0 Å². The molecule has 1 aliphatic rings. The van der Waals surface area contributed by atoms with E-state index in [1.165, 1.54) is 0 Å². The van der Waals surface area contributed by atoms with Crippen LogP contribution in [0.15, 0.2) is 0 Å². The molecule has 21 heavy (non-hydrogen) atoms. The third-order valence-corrected chi connectivity index (χ3v) is 3.92. The Morgan fingerprint density at radius 3 is 2.14 bits per heavy atom. The van der Waals surface area contributed by atoms with E-state index in [1.807, 2.05) is 18.7 Å². The topological polar surface area (TPSA) is 84.3 Å². The maximum Gasteiger partial charge on any atom is 0.320 e. The molecule has 1 aliphatic heterocycles. The summed E-state index contributed by atoms with van der Waals surface area (Å²) in [7, 11) is 0. The Hall–Kier alpha value is -1.34. The summed E-state index contributed by atoms with van der Waals surface area (Å²) in [6.07, 6.45) is 0.569. The highest BCUT2D eigenvalue weighted by molar-refractivity contribution is 5.75. The van der Waals surface area contributed by atoms with Crippen molar-refractivity contribution in [1.82, 2.24) is 14.7 Å². The van der Waals surface area contributed by atoms with Gasteiger partial charge < -0.3 is 20.0 Å². The van der Waals surface area contributed by atoms with Crippen molar-refractivity contribution in [2.45, 2.75) is 39.3 Å². The third kappa shape index (κ3) is 4.86. The number of carboxylic acids is 1. The number of amides is 2. The number of nitrogens with zero attached hydrogens (tertiary/aromatic N) is 3. The molecule has 0 radical (unpaired) electrons. The Kier molecular flexibility index (Phi) is 6.91. The van der Waals surface area contributed by atoms with Crippen molar-refractivity contribution in [3.05, 3.63) is 0 Å². The molecule has 2 N–H and O–H groups in total. The van der Waals surface area contributed by atoms with Gasteiger partial charge in [0.2, 0.25) is 0 Å². The van der Waals surface area contributed by atoms with Crippen LogP contribution >= 0.6 is 0 Å². The van der Waals surface area contributed by atoms with E-state index in [0.717, 1.165) is 0 Å². The van der Waals surface area contributed by atoms with Gasteiger partial charge in [-0.3, -0.25) is 9.69 Å². The normalized spacial score (nSPS) is 17.9. The van der Waals surface area contributed by atoms with E-state index >= 15 is 0 Å². The standard InChI is InChI=1S/C14H27N3O4/c1-11(2)17(5-4-10-18)14(21)16-8-6-15(7-9-16)12(3)13(19)20/h11-12,18H,4-10H2,1-3H3,(H,19,20). The van der Waals surface area contributed by atoms with Crippen molar-refractivity contribution < 1.29 is 19.8 Å². The average molecular weight is 301 g/mol. The number of aliphatic hydroxyl groups is 1. The molecule has 0 aliphatic carbocycles. The van der Waals surface area contributed by atoms with Crippen molar-refractivity contribution in [2.75, 3.05) is 39.3 Å². The number of carbonyl (C=O) groups is 2. The summed E-state index contributed by atoms with van der Waals surface area (Å²) in [5, 5.41) is 17.9. The Morgan fingerprint density at radius 2 is 1.71 bits per heavy atom. The van der Waals surface area contributed by atoms with Gasteiger partial charge in [0, 0.05) is 45.4 Å². The fourth-order valence-corrected chi connectivity index (χ4v) is 2.45. The van der Waals surface area contributed by atoms with Crippen molar-refractivity contribution in [1.29, 1.82) is 0 Å². The molecule has 1 atom stereocenters. The van der Waals surface area contributed by atoms with E-state index in [-0.39, 0.29) is 18.7 Å². The first-order chi connectivity index (χ1) is 9.88. The first-order valence-electron chi connectivity index (χ1n) is 7.51. The van der Waals surface area contributed by atoms with Gasteiger partial charge in [0.05, 0.1) is 0 Å². The fraction of sp³-hybridized carbons (Fsp3) is 0.857. The molecule has 0 bridgehead atoms. The number of urea groups is 1. The molecule has 122 valence electrons. The van der Waals surface area contributed by atoms with Gasteiger partial charge in [-0.25, -0.2) is 4.79 Å². The quantitative estimate of drug-likeness (QED) is 0.736. The molecule has 0 aromatic heterocycles. The molecule has 1 rings (SSSR count). The predicted octanol–water partition coefficient (Wildman–Crippen LogP) is 0.290. The van der Waals surface area contributed by atoms with E-state index in [4.69, 9.17) is 10.2 Å². The molecule has 7 nitrogen and oxygen atoms in total. The van der Waals surface area contributed by atoms with Gasteiger partial charge in [-0.2, -0.15) is 0 Å². The monoisotopic (exact) mass is 301 g/mol. The van der Waals surface area contributed by atoms with Crippen LogP contribution in [-0.4, -0.2) is 88.3 Å². The van der Waals surface area contributed by atoms with E-state index < -0.39 is 12.0 Å². The molecule has 0 aromatic carbocycles. The van der Waals surface area contributed by atoms with Crippen LogP contribution in [0.1, 0.15) is 27.2 Å². The SMILES string of the molecule is CC(C(=O)O)N1CCN(C(=O)N(CCCO)C(C)C)CC1. The predicted molar refractivity (Wildman–Crippen MR) is 79.2 cm³/mol. The zero-order valence-electron chi connectivity index (χ0n) is 13.2. The van der Waals surface area contributed by atoms with Gasteiger partial charge in [-0.1, -0.05) is 0 Å². The second kappa shape index (κ2) is 8.19. The molecular formula is C14H27N3O4. The number of carbonyl (C=O) groups excluding carboxylic acids is 1. The summed E-state index contributed by atoms with van der Waals surface area (Å²) in [5.74, 6) is -0.832. The zero-order valence-corrected chi connectivity index (χ0v) is 13.2. The van der Waals surface area contributed by atoms with Crippen LogP contribution in [0.2, 0.25) is 0 Å². The van der Waals surface area contributed by atoms with E-state index in [2.05, 4.69) is 0 Å². The first kappa shape index (κ1) is 17.7. The molecule has 1 fully saturated rings. The molecule has 1 heterocycles. The molecule has 2 amide bonds. The Bertz CT molecular complexity index is 354. The van der Waals surface area contributed by atoms with Crippen molar-refractivity contribution in [2.24, 2.45) is 0 Å². The highest BCUT2D eigenvalue weighted by Gasteiger charge is 2.29. The lowest BCUT2D eigenvalue weighted by atomic mass is 10.2. The van der Waals surface area contributed by atoms with Crippen LogP contribution in [0, 0.1) is 0 Å². The highest BCUT2D eigenvalue weighted by Crippen LogP contribution is 2.11. The molecule has 1 saturated heterocycles. The Balaban J connectivity index is 2.55. The summed E-state index contributed by atoms with van der Waals surface area (Å²) in [6, 6.07) is -0.459. The summed E-state index contributed by atoms with van der Waals surface area (Å²) >= 11 is 0. The number of hydrogen-bond acceptors (Lipinski definition) is 4. The maximum absolute atomic E-state index is 12.5. The van der Waals surface area contributed by atoms with Gasteiger partial charge in [-0.15, -0.1) is 0 Å². The van der Waals surface area contributed by atoms with Crippen LogP contribution in [0.3, 0.4) is 0 Å². The second-order valence-electron chi connectivity index (χ2n) is 5.68. The summed E-state index contributed by atoms with van der Waals surface area (Å²) in [5.41, 5.74) is 0. The molecule has 0 saturated carbocycles. The van der Waals surface area contributed by atoms with Crippen LogP contribution in [0.5, 0.6) is 0 Å². The van der Waals surface area contributed by atoms with Crippen LogP contribution in [-0.2, 0) is 4.79 Å². The Morgan fingerprint density at radius 1 is 1.14 bits per heavy atom. The van der Waals surface area contributed by atoms with Crippen molar-refractivity contribution in [3.8, 4) is 0 Å².